The first-order valence-corrected chi connectivity index (χ1v) is 4.88. The van der Waals surface area contributed by atoms with Crippen LogP contribution in [0, 0.1) is 13.1 Å². The summed E-state index contributed by atoms with van der Waals surface area (Å²) < 4.78 is 0. The first-order chi connectivity index (χ1) is 6.67. The van der Waals surface area contributed by atoms with Gasteiger partial charge in [0.15, 0.2) is 0 Å². The van der Waals surface area contributed by atoms with Crippen LogP contribution in [0.2, 0.25) is 0 Å². The van der Waals surface area contributed by atoms with Gasteiger partial charge < -0.3 is 9.88 Å². The Hall–Kier alpha value is -1.32. The van der Waals surface area contributed by atoms with Crippen molar-refractivity contribution < 1.29 is 4.79 Å². The van der Waals surface area contributed by atoms with Crippen LogP contribution in [0.25, 0.3) is 0 Å². The first kappa shape index (κ1) is 10.8. The zero-order chi connectivity index (χ0) is 10.6. The Morgan fingerprint density at radius 3 is 2.57 bits per heavy atom. The van der Waals surface area contributed by atoms with Crippen molar-refractivity contribution in [1.29, 1.82) is 0 Å². The Kier molecular flexibility index (Phi) is 3.68. The third-order valence-electron chi connectivity index (χ3n) is 2.13. The topological polar surface area (TPSA) is 49.0 Å². The molecule has 1 rings (SSSR count). The van der Waals surface area contributed by atoms with Crippen molar-refractivity contribution in [2.45, 2.75) is 27.2 Å². The fourth-order valence-electron chi connectivity index (χ4n) is 1.35. The van der Waals surface area contributed by atoms with Crippen LogP contribution in [0.5, 0.6) is 0 Å². The summed E-state index contributed by atoms with van der Waals surface area (Å²) in [6.07, 6.45) is 3.15. The van der Waals surface area contributed by atoms with Crippen LogP contribution in [-0.2, 0) is 11.2 Å². The van der Waals surface area contributed by atoms with E-state index in [0.717, 1.165) is 24.6 Å². The van der Waals surface area contributed by atoms with Crippen LogP contribution in [0.15, 0.2) is 0 Å². The van der Waals surface area contributed by atoms with Gasteiger partial charge in [-0.1, -0.05) is 0 Å². The number of amides is 1. The summed E-state index contributed by atoms with van der Waals surface area (Å²) in [6.45, 7) is 7.30. The van der Waals surface area contributed by atoms with Crippen LogP contribution >= 0.6 is 0 Å². The lowest BCUT2D eigenvalue weighted by Gasteiger charge is -2.17. The number of aromatic nitrogens is 2. The number of carbonyl (C=O) groups excluding carboxylic acids is 1. The van der Waals surface area contributed by atoms with Gasteiger partial charge in [-0.25, -0.2) is 4.98 Å². The van der Waals surface area contributed by atoms with Crippen molar-refractivity contribution in [1.82, 2.24) is 14.9 Å². The number of hydrogen-bond donors (Lipinski definition) is 1. The molecule has 14 heavy (non-hydrogen) atoms. The number of likely N-dealkylation sites (N-methyl/N-ethyl adjacent to an activating group) is 1. The predicted octanol–water partition coefficient (Wildman–Crippen LogP) is 0.929. The standard InChI is InChI=1S/C10H16N3O/c1-4-13(5-2)10(14)6-9-7-11-8(3)12-9/h4-6H2,1-3H3,(H,11,12). The summed E-state index contributed by atoms with van der Waals surface area (Å²) in [7, 11) is 0. The van der Waals surface area contributed by atoms with E-state index in [1.807, 2.05) is 20.8 Å². The summed E-state index contributed by atoms with van der Waals surface area (Å²) in [5, 5.41) is 0. The molecule has 4 heteroatoms. The summed E-state index contributed by atoms with van der Waals surface area (Å²) in [4.78, 5) is 20.4. The predicted molar refractivity (Wildman–Crippen MR) is 53.8 cm³/mol. The van der Waals surface area contributed by atoms with E-state index in [9.17, 15) is 4.79 Å². The molecule has 0 aliphatic heterocycles. The van der Waals surface area contributed by atoms with Crippen LogP contribution in [0.4, 0.5) is 0 Å². The Morgan fingerprint density at radius 1 is 1.50 bits per heavy atom. The van der Waals surface area contributed by atoms with E-state index in [1.54, 1.807) is 4.90 Å². The molecule has 1 amide bonds. The van der Waals surface area contributed by atoms with Gasteiger partial charge in [0.05, 0.1) is 12.1 Å². The average molecular weight is 194 g/mol. The molecule has 77 valence electrons. The quantitative estimate of drug-likeness (QED) is 0.775. The average Bonchev–Trinajstić information content (AvgIpc) is 2.53. The SMILES string of the molecule is CCN(CC)C(=O)Cc1[c]nc(C)[nH]1. The maximum atomic E-state index is 11.6. The van der Waals surface area contributed by atoms with E-state index in [-0.39, 0.29) is 5.91 Å². The third kappa shape index (κ3) is 2.58. The number of nitrogens with zero attached hydrogens (tertiary/aromatic N) is 2. The minimum absolute atomic E-state index is 0.120. The smallest absolute Gasteiger partial charge is 0.228 e. The minimum atomic E-state index is 0.120. The molecule has 0 saturated carbocycles. The molecular weight excluding hydrogens is 178 g/mol. The minimum Gasteiger partial charge on any atom is -0.345 e. The molecule has 0 aromatic carbocycles. The van der Waals surface area contributed by atoms with Gasteiger partial charge in [0.2, 0.25) is 5.91 Å². The third-order valence-corrected chi connectivity index (χ3v) is 2.13. The van der Waals surface area contributed by atoms with Crippen molar-refractivity contribution in [3.05, 3.63) is 17.7 Å². The lowest BCUT2D eigenvalue weighted by molar-refractivity contribution is -0.130. The second-order valence-corrected chi connectivity index (χ2v) is 3.16. The molecule has 0 spiro atoms. The van der Waals surface area contributed by atoms with Gasteiger partial charge in [-0.3, -0.25) is 4.79 Å². The van der Waals surface area contributed by atoms with E-state index >= 15 is 0 Å². The molecular formula is C10H16N3O. The second kappa shape index (κ2) is 4.79. The fraction of sp³-hybridized carbons (Fsp3) is 0.600. The van der Waals surface area contributed by atoms with Gasteiger partial charge in [0.25, 0.3) is 0 Å². The molecule has 0 fully saturated rings. The number of nitrogens with one attached hydrogen (secondary N) is 1. The number of H-pyrrole nitrogens is 1. The summed E-state index contributed by atoms with van der Waals surface area (Å²) >= 11 is 0. The molecule has 0 aliphatic rings. The summed E-state index contributed by atoms with van der Waals surface area (Å²) in [5.41, 5.74) is 0.763. The highest BCUT2D eigenvalue weighted by atomic mass is 16.2. The summed E-state index contributed by atoms with van der Waals surface area (Å²) in [5.74, 6) is 0.919. The monoisotopic (exact) mass is 194 g/mol. The Bertz CT molecular complexity index is 302. The molecule has 1 N–H and O–H groups in total. The van der Waals surface area contributed by atoms with Gasteiger partial charge in [-0.15, -0.1) is 0 Å². The number of aryl methyl sites for hydroxylation is 1. The lowest BCUT2D eigenvalue weighted by atomic mass is 10.3. The summed E-state index contributed by atoms with van der Waals surface area (Å²) in [6, 6.07) is 0. The molecule has 0 atom stereocenters. The van der Waals surface area contributed by atoms with E-state index in [1.165, 1.54) is 0 Å². The lowest BCUT2D eigenvalue weighted by Crippen LogP contribution is -2.31. The van der Waals surface area contributed by atoms with E-state index in [4.69, 9.17) is 0 Å². The first-order valence-electron chi connectivity index (χ1n) is 4.88. The van der Waals surface area contributed by atoms with Crippen LogP contribution in [0.3, 0.4) is 0 Å². The van der Waals surface area contributed by atoms with E-state index < -0.39 is 0 Å². The maximum Gasteiger partial charge on any atom is 0.228 e. The maximum absolute atomic E-state index is 11.6. The number of imidazole rings is 1. The second-order valence-electron chi connectivity index (χ2n) is 3.16. The molecule has 1 heterocycles. The highest BCUT2D eigenvalue weighted by Crippen LogP contribution is 1.99. The van der Waals surface area contributed by atoms with Gasteiger partial charge in [0, 0.05) is 13.1 Å². The van der Waals surface area contributed by atoms with Gasteiger partial charge >= 0.3 is 0 Å². The Morgan fingerprint density at radius 2 is 2.14 bits per heavy atom. The van der Waals surface area contributed by atoms with Gasteiger partial charge in [-0.2, -0.15) is 0 Å². The van der Waals surface area contributed by atoms with E-state index in [0.29, 0.717) is 6.42 Å². The van der Waals surface area contributed by atoms with Crippen molar-refractivity contribution in [2.75, 3.05) is 13.1 Å². The van der Waals surface area contributed by atoms with Crippen LogP contribution in [-0.4, -0.2) is 33.9 Å². The molecule has 1 radical (unpaired) electrons. The number of aromatic amines is 1. The zero-order valence-electron chi connectivity index (χ0n) is 8.92. The normalized spacial score (nSPS) is 10.2. The molecule has 4 nitrogen and oxygen atoms in total. The van der Waals surface area contributed by atoms with E-state index in [2.05, 4.69) is 16.2 Å². The van der Waals surface area contributed by atoms with Gasteiger partial charge in [0.1, 0.15) is 12.0 Å². The van der Waals surface area contributed by atoms with Gasteiger partial charge in [-0.05, 0) is 20.8 Å². The Balaban J connectivity index is 2.56. The molecule has 0 unspecified atom stereocenters. The molecule has 1 aromatic rings. The number of hydrogen-bond acceptors (Lipinski definition) is 2. The number of rotatable bonds is 4. The highest BCUT2D eigenvalue weighted by Gasteiger charge is 2.11. The number of carbonyl (C=O) groups is 1. The Labute approximate surface area is 84.3 Å². The van der Waals surface area contributed by atoms with Crippen LogP contribution in [0.1, 0.15) is 25.4 Å². The van der Waals surface area contributed by atoms with Crippen LogP contribution < -0.4 is 0 Å². The largest absolute Gasteiger partial charge is 0.345 e. The van der Waals surface area contributed by atoms with Crippen molar-refractivity contribution in [3.63, 3.8) is 0 Å². The zero-order valence-corrected chi connectivity index (χ0v) is 8.92. The highest BCUT2D eigenvalue weighted by molar-refractivity contribution is 5.78. The van der Waals surface area contributed by atoms with Crippen molar-refractivity contribution >= 4 is 5.91 Å². The van der Waals surface area contributed by atoms with Crippen molar-refractivity contribution in [3.8, 4) is 0 Å². The molecule has 0 aliphatic carbocycles. The molecule has 0 bridgehead atoms. The molecule has 0 saturated heterocycles. The fourth-order valence-corrected chi connectivity index (χ4v) is 1.35. The van der Waals surface area contributed by atoms with Crippen molar-refractivity contribution in [2.24, 2.45) is 0 Å². The molecule has 1 aromatic heterocycles.